The Bertz CT molecular complexity index is 1270. The number of aromatic nitrogens is 3. The van der Waals surface area contributed by atoms with E-state index in [4.69, 9.17) is 19.7 Å². The van der Waals surface area contributed by atoms with Gasteiger partial charge < -0.3 is 9.47 Å². The molecule has 4 aromatic rings. The first kappa shape index (κ1) is 32.6. The van der Waals surface area contributed by atoms with Crippen molar-refractivity contribution in [3.63, 3.8) is 0 Å². The van der Waals surface area contributed by atoms with Crippen LogP contribution in [0.1, 0.15) is 92.9 Å². The monoisotopic (exact) mass is 583 g/mol. The van der Waals surface area contributed by atoms with Crippen molar-refractivity contribution in [1.82, 2.24) is 15.0 Å². The summed E-state index contributed by atoms with van der Waals surface area (Å²) < 4.78 is 12.4. The lowest BCUT2D eigenvalue weighted by Gasteiger charge is -2.16. The Morgan fingerprint density at radius 1 is 0.605 bits per heavy atom. The van der Waals surface area contributed by atoms with Crippen LogP contribution in [0.2, 0.25) is 0 Å². The molecule has 0 radical (unpaired) electrons. The maximum atomic E-state index is 6.18. The molecular weight excluding hydrogens is 530 g/mol. The molecule has 0 saturated carbocycles. The molecule has 5 nitrogen and oxygen atoms in total. The minimum atomic E-state index is 0.454. The molecule has 0 aliphatic carbocycles. The highest BCUT2D eigenvalue weighted by molar-refractivity contribution is 6.00. The molecule has 4 rings (SSSR count). The Balaban J connectivity index is 1.56. The van der Waals surface area contributed by atoms with Gasteiger partial charge in [-0.25, -0.2) is 0 Å². The van der Waals surface area contributed by atoms with E-state index in [1.54, 1.807) is 0 Å². The average Bonchev–Trinajstić information content (AvgIpc) is 3.44. The smallest absolute Gasteiger partial charge is 0.121 e. The SMILES string of the molecule is CCCCC(CC)COc1ccc(-c2ccc(-c3ccc(OCC(CC)CCCC)cc3)c3nn(CC(C)C)nc23)cc1. The van der Waals surface area contributed by atoms with Gasteiger partial charge in [-0.15, -0.1) is 0 Å². The third-order valence-electron chi connectivity index (χ3n) is 8.50. The van der Waals surface area contributed by atoms with Crippen LogP contribution in [0.15, 0.2) is 60.7 Å². The van der Waals surface area contributed by atoms with E-state index >= 15 is 0 Å². The summed E-state index contributed by atoms with van der Waals surface area (Å²) in [5.41, 5.74) is 6.28. The number of fused-ring (bicyclic) bond motifs is 1. The van der Waals surface area contributed by atoms with Crippen LogP contribution in [0.4, 0.5) is 0 Å². The predicted molar refractivity (Wildman–Crippen MR) is 181 cm³/mol. The molecule has 3 aromatic carbocycles. The molecule has 1 heterocycles. The Hall–Kier alpha value is -3.34. The fourth-order valence-corrected chi connectivity index (χ4v) is 5.60. The number of hydrogen-bond acceptors (Lipinski definition) is 4. The number of hydrogen-bond donors (Lipinski definition) is 0. The summed E-state index contributed by atoms with van der Waals surface area (Å²) >= 11 is 0. The van der Waals surface area contributed by atoms with E-state index in [1.165, 1.54) is 38.5 Å². The Labute approximate surface area is 260 Å². The van der Waals surface area contributed by atoms with Gasteiger partial charge in [0.05, 0.1) is 19.8 Å². The van der Waals surface area contributed by atoms with Crippen LogP contribution >= 0.6 is 0 Å². The van der Waals surface area contributed by atoms with E-state index in [1.807, 2.05) is 4.80 Å². The molecule has 0 saturated heterocycles. The molecule has 0 N–H and O–H groups in total. The van der Waals surface area contributed by atoms with Crippen LogP contribution in [0.5, 0.6) is 11.5 Å². The third kappa shape index (κ3) is 9.08. The zero-order valence-electron chi connectivity index (χ0n) is 27.4. The van der Waals surface area contributed by atoms with E-state index in [0.717, 1.165) is 77.4 Å². The quantitative estimate of drug-likeness (QED) is 0.117. The maximum absolute atomic E-state index is 6.18. The van der Waals surface area contributed by atoms with Crippen LogP contribution in [0, 0.1) is 17.8 Å². The third-order valence-corrected chi connectivity index (χ3v) is 8.50. The number of nitrogens with zero attached hydrogens (tertiary/aromatic N) is 3. The maximum Gasteiger partial charge on any atom is 0.121 e. The van der Waals surface area contributed by atoms with Gasteiger partial charge in [0.2, 0.25) is 0 Å². The zero-order valence-corrected chi connectivity index (χ0v) is 27.4. The van der Waals surface area contributed by atoms with Crippen LogP contribution in [-0.2, 0) is 6.54 Å². The highest BCUT2D eigenvalue weighted by atomic mass is 16.5. The fraction of sp³-hybridized carbons (Fsp3) is 0.526. The molecule has 0 amide bonds. The minimum Gasteiger partial charge on any atom is -0.493 e. The first-order valence-corrected chi connectivity index (χ1v) is 16.8. The van der Waals surface area contributed by atoms with Crippen LogP contribution in [-0.4, -0.2) is 28.2 Å². The molecule has 0 aliphatic heterocycles. The molecular formula is C38H53N3O2. The molecule has 0 fully saturated rings. The van der Waals surface area contributed by atoms with Gasteiger partial charge in [0.15, 0.2) is 0 Å². The number of unbranched alkanes of at least 4 members (excludes halogenated alkanes) is 2. The first-order valence-electron chi connectivity index (χ1n) is 16.8. The molecule has 0 spiro atoms. The summed E-state index contributed by atoms with van der Waals surface area (Å²) in [4.78, 5) is 1.86. The number of benzene rings is 3. The van der Waals surface area contributed by atoms with Crippen molar-refractivity contribution in [2.75, 3.05) is 13.2 Å². The van der Waals surface area contributed by atoms with Gasteiger partial charge >= 0.3 is 0 Å². The predicted octanol–water partition coefficient (Wildman–Crippen LogP) is 10.6. The summed E-state index contributed by atoms with van der Waals surface area (Å²) in [6, 6.07) is 21.3. The lowest BCUT2D eigenvalue weighted by Crippen LogP contribution is -2.11. The van der Waals surface area contributed by atoms with Gasteiger partial charge in [-0.2, -0.15) is 15.0 Å². The number of rotatable bonds is 18. The number of ether oxygens (including phenoxy) is 2. The van der Waals surface area contributed by atoms with Gasteiger partial charge in [-0.3, -0.25) is 0 Å². The van der Waals surface area contributed by atoms with E-state index in [0.29, 0.717) is 17.8 Å². The van der Waals surface area contributed by atoms with Gasteiger partial charge in [-0.1, -0.05) is 116 Å². The Kier molecular flexibility index (Phi) is 12.5. The van der Waals surface area contributed by atoms with Gasteiger partial charge in [0.1, 0.15) is 22.5 Å². The lowest BCUT2D eigenvalue weighted by molar-refractivity contribution is 0.233. The van der Waals surface area contributed by atoms with Gasteiger partial charge in [0.25, 0.3) is 0 Å². The first-order chi connectivity index (χ1) is 20.9. The summed E-state index contributed by atoms with van der Waals surface area (Å²) in [7, 11) is 0. The van der Waals surface area contributed by atoms with Gasteiger partial charge in [0, 0.05) is 11.1 Å². The summed E-state index contributed by atoms with van der Waals surface area (Å²) in [5.74, 6) is 3.53. The van der Waals surface area contributed by atoms with E-state index in [2.05, 4.69) is 102 Å². The highest BCUT2D eigenvalue weighted by Gasteiger charge is 2.17. The van der Waals surface area contributed by atoms with Gasteiger partial charge in [-0.05, 0) is 66.0 Å². The topological polar surface area (TPSA) is 49.2 Å². The summed E-state index contributed by atoms with van der Waals surface area (Å²) in [6.45, 7) is 15.7. The normalized spacial score (nSPS) is 13.0. The minimum absolute atomic E-state index is 0.454. The van der Waals surface area contributed by atoms with E-state index < -0.39 is 0 Å². The second-order valence-electron chi connectivity index (χ2n) is 12.5. The molecule has 2 atom stereocenters. The van der Waals surface area contributed by atoms with Crippen molar-refractivity contribution >= 4 is 11.0 Å². The standard InChI is InChI=1S/C38H53N3O2/c1-7-11-13-29(9-3)26-42-33-19-15-31(16-20-33)35-23-24-36(38-37(35)39-41(40-38)25-28(5)6)32-17-21-34(22-18-32)43-27-30(10-4)14-12-8-2/h15-24,28-30H,7-14,25-27H2,1-6H3. The molecule has 5 heteroatoms. The van der Waals surface area contributed by atoms with E-state index in [-0.39, 0.29) is 0 Å². The lowest BCUT2D eigenvalue weighted by atomic mass is 9.97. The average molecular weight is 584 g/mol. The van der Waals surface area contributed by atoms with Crippen LogP contribution < -0.4 is 9.47 Å². The second-order valence-corrected chi connectivity index (χ2v) is 12.5. The van der Waals surface area contributed by atoms with Crippen molar-refractivity contribution in [2.45, 2.75) is 99.5 Å². The van der Waals surface area contributed by atoms with Crippen molar-refractivity contribution in [3.8, 4) is 33.8 Å². The molecule has 43 heavy (non-hydrogen) atoms. The van der Waals surface area contributed by atoms with Crippen molar-refractivity contribution < 1.29 is 9.47 Å². The molecule has 0 bridgehead atoms. The summed E-state index contributed by atoms with van der Waals surface area (Å²) in [5, 5.41) is 9.97. The highest BCUT2D eigenvalue weighted by Crippen LogP contribution is 2.35. The molecule has 232 valence electrons. The Morgan fingerprint density at radius 3 is 1.37 bits per heavy atom. The van der Waals surface area contributed by atoms with E-state index in [9.17, 15) is 0 Å². The largest absolute Gasteiger partial charge is 0.493 e. The van der Waals surface area contributed by atoms with Crippen molar-refractivity contribution in [3.05, 3.63) is 60.7 Å². The second kappa shape index (κ2) is 16.5. The Morgan fingerprint density at radius 2 is 1.02 bits per heavy atom. The fourth-order valence-electron chi connectivity index (χ4n) is 5.60. The zero-order chi connectivity index (χ0) is 30.6. The van der Waals surface area contributed by atoms with Crippen molar-refractivity contribution in [2.24, 2.45) is 17.8 Å². The molecule has 0 aliphatic rings. The van der Waals surface area contributed by atoms with Crippen LogP contribution in [0.25, 0.3) is 33.3 Å². The summed E-state index contributed by atoms with van der Waals surface area (Å²) in [6.07, 6.45) is 9.77. The van der Waals surface area contributed by atoms with Crippen molar-refractivity contribution in [1.29, 1.82) is 0 Å². The van der Waals surface area contributed by atoms with Crippen LogP contribution in [0.3, 0.4) is 0 Å². The molecule has 1 aromatic heterocycles. The molecule has 2 unspecified atom stereocenters.